The Morgan fingerprint density at radius 2 is 1.82 bits per heavy atom. The third-order valence-electron chi connectivity index (χ3n) is 3.87. The monoisotopic (exact) mass is 367 g/mol. The van der Waals surface area contributed by atoms with E-state index in [1.807, 2.05) is 0 Å². The number of rotatable bonds is 2. The van der Waals surface area contributed by atoms with Gasteiger partial charge in [-0.1, -0.05) is 0 Å². The Morgan fingerprint density at radius 3 is 2.27 bits per heavy atom. The van der Waals surface area contributed by atoms with Crippen LogP contribution in [-0.2, 0) is 9.53 Å². The number of nitrogens with zero attached hydrogens (tertiary/aromatic N) is 2. The van der Waals surface area contributed by atoms with Gasteiger partial charge in [0.15, 0.2) is 0 Å². The third-order valence-corrected chi connectivity index (χ3v) is 3.87. The number of morpholine rings is 1. The molecule has 2 rings (SSSR count). The topological polar surface area (TPSA) is 44.8 Å². The number of nitrogens with one attached hydrogen (secondary N) is 1. The van der Waals surface area contributed by atoms with Gasteiger partial charge in [0.25, 0.3) is 0 Å². The van der Waals surface area contributed by atoms with E-state index < -0.39 is 12.2 Å². The highest BCUT2D eigenvalue weighted by molar-refractivity contribution is 5.85. The third kappa shape index (κ3) is 5.42. The van der Waals surface area contributed by atoms with Crippen LogP contribution in [0.2, 0.25) is 0 Å². The molecule has 10 heteroatoms. The molecule has 0 aromatic rings. The van der Waals surface area contributed by atoms with Crippen LogP contribution < -0.4 is 5.32 Å². The summed E-state index contributed by atoms with van der Waals surface area (Å²) in [6, 6.07) is -1.83. The Balaban J connectivity index is 0.00000220. The molecule has 2 saturated heterocycles. The molecular weight excluding hydrogens is 346 g/mol. The van der Waals surface area contributed by atoms with Gasteiger partial charge in [-0.05, 0) is 6.92 Å². The van der Waals surface area contributed by atoms with Crippen molar-refractivity contribution in [3.63, 3.8) is 0 Å². The van der Waals surface area contributed by atoms with Crippen molar-refractivity contribution in [2.75, 3.05) is 45.9 Å². The number of hydrogen-bond donors (Lipinski definition) is 1. The van der Waals surface area contributed by atoms with Crippen molar-refractivity contribution in [3.8, 4) is 0 Å². The van der Waals surface area contributed by atoms with Crippen molar-refractivity contribution >= 4 is 30.7 Å². The van der Waals surface area contributed by atoms with Crippen molar-refractivity contribution in [3.05, 3.63) is 0 Å². The number of carbonyl (C=O) groups excluding carboxylic acids is 1. The summed E-state index contributed by atoms with van der Waals surface area (Å²) in [4.78, 5) is 15.2. The lowest BCUT2D eigenvalue weighted by molar-refractivity contribution is -0.183. The lowest BCUT2D eigenvalue weighted by Gasteiger charge is -2.40. The van der Waals surface area contributed by atoms with Gasteiger partial charge in [0.1, 0.15) is 12.1 Å². The second-order valence-corrected chi connectivity index (χ2v) is 5.16. The molecule has 2 heterocycles. The van der Waals surface area contributed by atoms with E-state index in [1.165, 1.54) is 4.90 Å². The molecule has 132 valence electrons. The van der Waals surface area contributed by atoms with Gasteiger partial charge < -0.3 is 15.0 Å². The summed E-state index contributed by atoms with van der Waals surface area (Å²) in [5, 5.41) is 3.06. The van der Waals surface area contributed by atoms with Crippen LogP contribution >= 0.6 is 24.8 Å². The minimum atomic E-state index is -4.22. The minimum absolute atomic E-state index is 0. The molecule has 2 unspecified atom stereocenters. The molecule has 0 aromatic heterocycles. The molecule has 0 aromatic carbocycles. The number of amides is 1. The molecule has 0 radical (unpaired) electrons. The highest BCUT2D eigenvalue weighted by Gasteiger charge is 2.41. The van der Waals surface area contributed by atoms with Crippen LogP contribution in [0.5, 0.6) is 0 Å². The van der Waals surface area contributed by atoms with Gasteiger partial charge in [-0.15, -0.1) is 24.8 Å². The zero-order valence-corrected chi connectivity index (χ0v) is 13.9. The first-order chi connectivity index (χ1) is 9.39. The summed E-state index contributed by atoms with van der Waals surface area (Å²) in [5.74, 6) is -0.0796. The van der Waals surface area contributed by atoms with Gasteiger partial charge >= 0.3 is 6.18 Å². The summed E-state index contributed by atoms with van der Waals surface area (Å²) in [6.45, 7) is 3.86. The Hall–Kier alpha value is -0.280. The fraction of sp³-hybridized carbons (Fsp3) is 0.917. The van der Waals surface area contributed by atoms with E-state index in [1.54, 1.807) is 4.90 Å². The van der Waals surface area contributed by atoms with Crippen LogP contribution in [0, 0.1) is 0 Å². The van der Waals surface area contributed by atoms with Gasteiger partial charge in [-0.25, -0.2) is 0 Å². The van der Waals surface area contributed by atoms with E-state index in [0.29, 0.717) is 32.8 Å². The van der Waals surface area contributed by atoms with Gasteiger partial charge in [-0.3, -0.25) is 9.69 Å². The van der Waals surface area contributed by atoms with Crippen LogP contribution in [-0.4, -0.2) is 79.9 Å². The quantitative estimate of drug-likeness (QED) is 0.787. The predicted octanol–water partition coefficient (Wildman–Crippen LogP) is 0.913. The maximum absolute atomic E-state index is 12.6. The molecule has 2 aliphatic heterocycles. The standard InChI is InChI=1S/C12H20F3N3O2.2ClH/c1-9(12(13,14)15)17-3-5-18(6-4-17)11(19)10-8-20-7-2-16-10;;/h9-10,16H,2-8H2,1H3;2*1H. The maximum atomic E-state index is 12.6. The van der Waals surface area contributed by atoms with Crippen molar-refractivity contribution in [1.29, 1.82) is 0 Å². The SMILES string of the molecule is CC(N1CCN(C(=O)C2COCCN2)CC1)C(F)(F)F.Cl.Cl. The molecule has 0 saturated carbocycles. The smallest absolute Gasteiger partial charge is 0.378 e. The highest BCUT2D eigenvalue weighted by Crippen LogP contribution is 2.25. The van der Waals surface area contributed by atoms with Crippen molar-refractivity contribution in [1.82, 2.24) is 15.1 Å². The average molecular weight is 368 g/mol. The lowest BCUT2D eigenvalue weighted by atomic mass is 10.2. The molecule has 1 amide bonds. The first kappa shape index (κ1) is 21.7. The van der Waals surface area contributed by atoms with Crippen LogP contribution in [0.1, 0.15) is 6.92 Å². The summed E-state index contributed by atoms with van der Waals surface area (Å²) in [6.07, 6.45) is -4.22. The highest BCUT2D eigenvalue weighted by atomic mass is 35.5. The van der Waals surface area contributed by atoms with Crippen LogP contribution in [0.15, 0.2) is 0 Å². The number of alkyl halides is 3. The van der Waals surface area contributed by atoms with Crippen molar-refractivity contribution < 1.29 is 22.7 Å². The largest absolute Gasteiger partial charge is 0.403 e. The number of piperazine rings is 1. The van der Waals surface area contributed by atoms with E-state index >= 15 is 0 Å². The average Bonchev–Trinajstić information content (AvgIpc) is 2.46. The number of ether oxygens (including phenoxy) is 1. The van der Waals surface area contributed by atoms with Crippen LogP contribution in [0.3, 0.4) is 0 Å². The molecule has 22 heavy (non-hydrogen) atoms. The Kier molecular flexibility index (Phi) is 9.01. The van der Waals surface area contributed by atoms with Crippen molar-refractivity contribution in [2.45, 2.75) is 25.2 Å². The van der Waals surface area contributed by atoms with Gasteiger partial charge in [0, 0.05) is 32.7 Å². The molecule has 2 atom stereocenters. The molecule has 0 spiro atoms. The fourth-order valence-corrected chi connectivity index (χ4v) is 2.48. The lowest BCUT2D eigenvalue weighted by Crippen LogP contribution is -2.59. The second kappa shape index (κ2) is 9.12. The van der Waals surface area contributed by atoms with Gasteiger partial charge in [-0.2, -0.15) is 13.2 Å². The molecule has 0 aliphatic carbocycles. The molecule has 1 N–H and O–H groups in total. The first-order valence-corrected chi connectivity index (χ1v) is 6.80. The van der Waals surface area contributed by atoms with Crippen molar-refractivity contribution in [2.24, 2.45) is 0 Å². The summed E-state index contributed by atoms with van der Waals surface area (Å²) in [7, 11) is 0. The van der Waals surface area contributed by atoms with Gasteiger partial charge in [0.2, 0.25) is 5.91 Å². The normalized spacial score (nSPS) is 24.9. The van der Waals surface area contributed by atoms with E-state index in [9.17, 15) is 18.0 Å². The molecule has 2 fully saturated rings. The number of carbonyl (C=O) groups is 1. The molecule has 2 aliphatic rings. The zero-order chi connectivity index (χ0) is 14.8. The number of hydrogen-bond acceptors (Lipinski definition) is 4. The molecule has 0 bridgehead atoms. The van der Waals surface area contributed by atoms with E-state index in [-0.39, 0.29) is 49.9 Å². The summed E-state index contributed by atoms with van der Waals surface area (Å²) < 4.78 is 43.1. The minimum Gasteiger partial charge on any atom is -0.378 e. The summed E-state index contributed by atoms with van der Waals surface area (Å²) in [5.41, 5.74) is 0. The maximum Gasteiger partial charge on any atom is 0.403 e. The van der Waals surface area contributed by atoms with Gasteiger partial charge in [0.05, 0.1) is 13.2 Å². The predicted molar refractivity (Wildman–Crippen MR) is 80.8 cm³/mol. The fourth-order valence-electron chi connectivity index (χ4n) is 2.48. The van der Waals surface area contributed by atoms with E-state index in [0.717, 1.165) is 6.92 Å². The van der Waals surface area contributed by atoms with E-state index in [4.69, 9.17) is 4.74 Å². The van der Waals surface area contributed by atoms with Crippen LogP contribution in [0.4, 0.5) is 13.2 Å². The van der Waals surface area contributed by atoms with E-state index in [2.05, 4.69) is 5.32 Å². The Morgan fingerprint density at radius 1 is 1.23 bits per heavy atom. The molecule has 5 nitrogen and oxygen atoms in total. The second-order valence-electron chi connectivity index (χ2n) is 5.16. The van der Waals surface area contributed by atoms with Crippen LogP contribution in [0.25, 0.3) is 0 Å². The molecular formula is C12H22Cl2F3N3O2. The number of halogens is 5. The summed E-state index contributed by atoms with van der Waals surface area (Å²) >= 11 is 0. The Bertz CT molecular complexity index is 347. The first-order valence-electron chi connectivity index (χ1n) is 6.80. The Labute approximate surface area is 140 Å². The zero-order valence-electron chi connectivity index (χ0n) is 12.3.